The first kappa shape index (κ1) is 24.4. The number of Topliss-reactive ketones (excluding diaryl/α,β-unsaturated/α-hetero) is 1. The maximum atomic E-state index is 13.3. The van der Waals surface area contributed by atoms with Crippen molar-refractivity contribution in [2.45, 2.75) is 26.3 Å². The topological polar surface area (TPSA) is 76.1 Å². The predicted octanol–water partition coefficient (Wildman–Crippen LogP) is 6.15. The highest BCUT2D eigenvalue weighted by atomic mass is 35.5. The molecule has 180 valence electrons. The molecule has 1 atom stereocenters. The minimum Gasteiger partial charge on any atom is -0.507 e. The van der Waals surface area contributed by atoms with E-state index < -0.39 is 17.7 Å². The van der Waals surface area contributed by atoms with Crippen LogP contribution >= 0.6 is 11.6 Å². The molecule has 1 aliphatic rings. The fraction of sp³-hybridized carbons (Fsp3) is 0.214. The summed E-state index contributed by atoms with van der Waals surface area (Å²) in [7, 11) is 0. The summed E-state index contributed by atoms with van der Waals surface area (Å²) in [6, 6.07) is 19.8. The molecule has 1 saturated heterocycles. The van der Waals surface area contributed by atoms with E-state index in [1.807, 2.05) is 13.8 Å². The van der Waals surface area contributed by atoms with Gasteiger partial charge in [-0.05, 0) is 61.4 Å². The first-order valence-corrected chi connectivity index (χ1v) is 11.8. The summed E-state index contributed by atoms with van der Waals surface area (Å²) in [4.78, 5) is 27.9. The summed E-state index contributed by atoms with van der Waals surface area (Å²) in [6.07, 6.45) is 0.832. The Bertz CT molecular complexity index is 1270. The first-order chi connectivity index (χ1) is 16.9. The van der Waals surface area contributed by atoms with Crippen LogP contribution in [0.3, 0.4) is 0 Å². The number of benzene rings is 3. The molecule has 0 spiro atoms. The molecule has 1 aliphatic heterocycles. The quantitative estimate of drug-likeness (QED) is 0.232. The number of aliphatic hydroxyl groups excluding tert-OH is 1. The number of anilines is 1. The van der Waals surface area contributed by atoms with E-state index in [1.165, 1.54) is 4.90 Å². The van der Waals surface area contributed by atoms with Crippen LogP contribution in [0.5, 0.6) is 11.5 Å². The van der Waals surface area contributed by atoms with Gasteiger partial charge in [-0.2, -0.15) is 0 Å². The van der Waals surface area contributed by atoms with Gasteiger partial charge < -0.3 is 14.6 Å². The van der Waals surface area contributed by atoms with E-state index in [2.05, 4.69) is 0 Å². The third-order valence-corrected chi connectivity index (χ3v) is 5.85. The van der Waals surface area contributed by atoms with Gasteiger partial charge in [0.05, 0.1) is 24.8 Å². The van der Waals surface area contributed by atoms with Gasteiger partial charge in [-0.3, -0.25) is 14.5 Å². The molecule has 1 N–H and O–H groups in total. The number of amides is 1. The zero-order valence-corrected chi connectivity index (χ0v) is 20.3. The highest BCUT2D eigenvalue weighted by molar-refractivity contribution is 6.51. The summed E-state index contributed by atoms with van der Waals surface area (Å²) < 4.78 is 11.2. The summed E-state index contributed by atoms with van der Waals surface area (Å²) in [6.45, 7) is 4.92. The van der Waals surface area contributed by atoms with E-state index in [0.29, 0.717) is 46.5 Å². The minimum atomic E-state index is -0.857. The molecule has 3 aromatic rings. The largest absolute Gasteiger partial charge is 0.507 e. The molecule has 1 unspecified atom stereocenters. The molecule has 1 fully saturated rings. The van der Waals surface area contributed by atoms with Crippen LogP contribution in [0.15, 0.2) is 78.4 Å². The van der Waals surface area contributed by atoms with E-state index in [0.717, 1.165) is 6.42 Å². The molecule has 0 aromatic heterocycles. The van der Waals surface area contributed by atoms with Crippen LogP contribution in [0.2, 0.25) is 5.02 Å². The van der Waals surface area contributed by atoms with Crippen molar-refractivity contribution in [3.63, 3.8) is 0 Å². The maximum Gasteiger partial charge on any atom is 0.300 e. The van der Waals surface area contributed by atoms with Gasteiger partial charge in [0.25, 0.3) is 11.7 Å². The van der Waals surface area contributed by atoms with Crippen LogP contribution in [-0.4, -0.2) is 30.0 Å². The second kappa shape index (κ2) is 10.7. The summed E-state index contributed by atoms with van der Waals surface area (Å²) in [5.74, 6) is -0.560. The predicted molar refractivity (Wildman–Crippen MR) is 136 cm³/mol. The van der Waals surface area contributed by atoms with E-state index in [1.54, 1.807) is 72.8 Å². The first-order valence-electron chi connectivity index (χ1n) is 11.5. The van der Waals surface area contributed by atoms with Gasteiger partial charge in [0.2, 0.25) is 0 Å². The number of carbonyl (C=O) groups is 2. The third kappa shape index (κ3) is 5.03. The minimum absolute atomic E-state index is 0.00761. The Labute approximate surface area is 209 Å². The zero-order valence-electron chi connectivity index (χ0n) is 19.5. The molecular formula is C28H26ClNO5. The lowest BCUT2D eigenvalue weighted by Crippen LogP contribution is -2.29. The average molecular weight is 492 g/mol. The number of halogens is 1. The summed E-state index contributed by atoms with van der Waals surface area (Å²) in [5.41, 5.74) is 1.48. The second-order valence-electron chi connectivity index (χ2n) is 8.03. The Hall–Kier alpha value is -3.77. The smallest absolute Gasteiger partial charge is 0.300 e. The molecule has 0 saturated carbocycles. The molecule has 7 heteroatoms. The molecule has 1 amide bonds. The highest BCUT2D eigenvalue weighted by Crippen LogP contribution is 2.43. The van der Waals surface area contributed by atoms with Gasteiger partial charge in [0, 0.05) is 16.3 Å². The van der Waals surface area contributed by atoms with Crippen molar-refractivity contribution in [2.75, 3.05) is 18.1 Å². The molecule has 1 heterocycles. The van der Waals surface area contributed by atoms with Gasteiger partial charge in [-0.15, -0.1) is 0 Å². The fourth-order valence-electron chi connectivity index (χ4n) is 4.06. The van der Waals surface area contributed by atoms with E-state index in [4.69, 9.17) is 21.1 Å². The van der Waals surface area contributed by atoms with Crippen molar-refractivity contribution in [1.29, 1.82) is 0 Å². The Morgan fingerprint density at radius 2 is 1.69 bits per heavy atom. The van der Waals surface area contributed by atoms with Gasteiger partial charge in [0.15, 0.2) is 0 Å². The normalized spacial score (nSPS) is 17.0. The molecular weight excluding hydrogens is 466 g/mol. The van der Waals surface area contributed by atoms with Crippen molar-refractivity contribution < 1.29 is 24.2 Å². The van der Waals surface area contributed by atoms with Gasteiger partial charge in [-0.25, -0.2) is 0 Å². The molecule has 3 aromatic carbocycles. The number of hydrogen-bond acceptors (Lipinski definition) is 5. The Kier molecular flexibility index (Phi) is 7.42. The SMILES string of the molecule is CCCOc1cccc(/C(O)=C2\C(=O)C(=O)N(c3cccc(Cl)c3)C2c2ccc(OCC)cc2)c1. The maximum absolute atomic E-state index is 13.3. The third-order valence-electron chi connectivity index (χ3n) is 5.62. The lowest BCUT2D eigenvalue weighted by atomic mass is 9.95. The fourth-order valence-corrected chi connectivity index (χ4v) is 4.25. The zero-order chi connectivity index (χ0) is 24.9. The number of hydrogen-bond donors (Lipinski definition) is 1. The number of ketones is 1. The number of aliphatic hydroxyl groups is 1. The average Bonchev–Trinajstić information content (AvgIpc) is 3.13. The van der Waals surface area contributed by atoms with E-state index in [9.17, 15) is 14.7 Å². The van der Waals surface area contributed by atoms with Gasteiger partial charge in [0.1, 0.15) is 17.3 Å². The highest BCUT2D eigenvalue weighted by Gasteiger charge is 2.47. The van der Waals surface area contributed by atoms with Gasteiger partial charge >= 0.3 is 0 Å². The standard InChI is InChI=1S/C28H26ClNO5/c1-3-15-35-23-10-5-7-19(16-23)26(31)24-25(18-11-13-22(14-12-18)34-4-2)30(28(33)27(24)32)21-9-6-8-20(29)17-21/h5-14,16-17,25,31H,3-4,15H2,1-2H3/b26-24+. The number of rotatable bonds is 8. The monoisotopic (exact) mass is 491 g/mol. The molecule has 35 heavy (non-hydrogen) atoms. The number of nitrogens with zero attached hydrogens (tertiary/aromatic N) is 1. The van der Waals surface area contributed by atoms with Crippen LogP contribution in [0.1, 0.15) is 37.4 Å². The Morgan fingerprint density at radius 3 is 2.37 bits per heavy atom. The molecule has 4 rings (SSSR count). The second-order valence-corrected chi connectivity index (χ2v) is 8.46. The van der Waals surface area contributed by atoms with Crippen LogP contribution < -0.4 is 14.4 Å². The van der Waals surface area contributed by atoms with Crippen molar-refractivity contribution >= 4 is 34.7 Å². The van der Waals surface area contributed by atoms with Crippen LogP contribution in [-0.2, 0) is 9.59 Å². The lowest BCUT2D eigenvalue weighted by Gasteiger charge is -2.25. The molecule has 0 radical (unpaired) electrons. The summed E-state index contributed by atoms with van der Waals surface area (Å²) >= 11 is 6.20. The Morgan fingerprint density at radius 1 is 0.943 bits per heavy atom. The van der Waals surface area contributed by atoms with Gasteiger partial charge in [-0.1, -0.05) is 48.9 Å². The molecule has 0 bridgehead atoms. The van der Waals surface area contributed by atoms with Crippen molar-refractivity contribution in [3.05, 3.63) is 94.5 Å². The molecule has 6 nitrogen and oxygen atoms in total. The number of carbonyl (C=O) groups excluding carboxylic acids is 2. The lowest BCUT2D eigenvalue weighted by molar-refractivity contribution is -0.132. The van der Waals surface area contributed by atoms with Crippen LogP contribution in [0.4, 0.5) is 5.69 Å². The van der Waals surface area contributed by atoms with E-state index >= 15 is 0 Å². The van der Waals surface area contributed by atoms with E-state index in [-0.39, 0.29) is 11.3 Å². The Balaban J connectivity index is 1.87. The van der Waals surface area contributed by atoms with Crippen LogP contribution in [0, 0.1) is 0 Å². The summed E-state index contributed by atoms with van der Waals surface area (Å²) in [5, 5.41) is 11.7. The molecule has 0 aliphatic carbocycles. The van der Waals surface area contributed by atoms with Crippen molar-refractivity contribution in [3.8, 4) is 11.5 Å². The van der Waals surface area contributed by atoms with Crippen molar-refractivity contribution in [2.24, 2.45) is 0 Å². The van der Waals surface area contributed by atoms with Crippen LogP contribution in [0.25, 0.3) is 5.76 Å². The van der Waals surface area contributed by atoms with Crippen molar-refractivity contribution in [1.82, 2.24) is 0 Å². The number of ether oxygens (including phenoxy) is 2.